The molecule has 1 aliphatic heterocycles. The fourth-order valence-electron chi connectivity index (χ4n) is 4.10. The van der Waals surface area contributed by atoms with Crippen LogP contribution in [0.3, 0.4) is 0 Å². The van der Waals surface area contributed by atoms with Crippen molar-refractivity contribution >= 4 is 29.1 Å². The summed E-state index contributed by atoms with van der Waals surface area (Å²) < 4.78 is 0. The van der Waals surface area contributed by atoms with Gasteiger partial charge < -0.3 is 20.6 Å². The number of nitrogens with zero attached hydrogens (tertiary/aromatic N) is 2. The Labute approximate surface area is 198 Å². The van der Waals surface area contributed by atoms with Crippen LogP contribution >= 0.6 is 11.3 Å². The molecule has 33 heavy (non-hydrogen) atoms. The largest absolute Gasteiger partial charge is 0.391 e. The molecule has 178 valence electrons. The summed E-state index contributed by atoms with van der Waals surface area (Å²) in [6, 6.07) is 6.43. The molecule has 0 bridgehead atoms. The maximum absolute atomic E-state index is 13.1. The first-order valence-electron chi connectivity index (χ1n) is 11.2. The number of hydrogen-bond acceptors (Lipinski definition) is 6. The van der Waals surface area contributed by atoms with Crippen molar-refractivity contribution in [2.24, 2.45) is 5.92 Å². The lowest BCUT2D eigenvalue weighted by molar-refractivity contribution is -0.141. The molecule has 1 aliphatic rings. The standard InChI is InChI=1S/C24H32N4O4S/c1-14(2)9-20(27-16(4)29)24(32)28-12-19(30)10-21(28)23(31)25-11-17-5-7-18(8-6-17)22-15(3)26-13-33-22/h5-8,13-14,19-21,30H,9-12H2,1-4H3,(H,25,31)(H,27,29)/t19-,20+,21+/m1/s1. The maximum atomic E-state index is 13.1. The number of β-amino-alcohol motifs (C(OH)–C–C–N with tert-alkyl or cyclic N) is 1. The first-order valence-corrected chi connectivity index (χ1v) is 12.1. The summed E-state index contributed by atoms with van der Waals surface area (Å²) in [5.41, 5.74) is 4.82. The summed E-state index contributed by atoms with van der Waals surface area (Å²) in [6.07, 6.45) is -0.135. The third-order valence-corrected chi connectivity index (χ3v) is 6.65. The molecule has 0 aliphatic carbocycles. The van der Waals surface area contributed by atoms with Crippen LogP contribution < -0.4 is 10.6 Å². The lowest BCUT2D eigenvalue weighted by atomic mass is 10.0. The molecule has 1 saturated heterocycles. The lowest BCUT2D eigenvalue weighted by Gasteiger charge is -2.29. The predicted octanol–water partition coefficient (Wildman–Crippen LogP) is 2.25. The number of aryl methyl sites for hydroxylation is 1. The van der Waals surface area contributed by atoms with E-state index in [1.165, 1.54) is 11.8 Å². The van der Waals surface area contributed by atoms with E-state index in [0.29, 0.717) is 13.0 Å². The van der Waals surface area contributed by atoms with Crippen molar-refractivity contribution in [3.63, 3.8) is 0 Å². The van der Waals surface area contributed by atoms with Gasteiger partial charge in [-0.2, -0.15) is 0 Å². The van der Waals surface area contributed by atoms with Gasteiger partial charge in [-0.25, -0.2) is 4.98 Å². The average molecular weight is 473 g/mol. The Hall–Kier alpha value is -2.78. The van der Waals surface area contributed by atoms with Crippen molar-refractivity contribution in [3.8, 4) is 10.4 Å². The average Bonchev–Trinajstić information content (AvgIpc) is 3.36. The molecule has 1 fully saturated rings. The number of benzene rings is 1. The quantitative estimate of drug-likeness (QED) is 0.546. The van der Waals surface area contributed by atoms with Crippen LogP contribution in [-0.4, -0.2) is 57.4 Å². The van der Waals surface area contributed by atoms with E-state index in [-0.39, 0.29) is 36.6 Å². The van der Waals surface area contributed by atoms with Crippen LogP contribution in [0.5, 0.6) is 0 Å². The minimum absolute atomic E-state index is 0.0774. The Bertz CT molecular complexity index is 989. The summed E-state index contributed by atoms with van der Waals surface area (Å²) in [4.78, 5) is 44.5. The molecule has 3 N–H and O–H groups in total. The molecule has 0 saturated carbocycles. The highest BCUT2D eigenvalue weighted by Crippen LogP contribution is 2.27. The fraction of sp³-hybridized carbons (Fsp3) is 0.500. The van der Waals surface area contributed by atoms with Gasteiger partial charge in [-0.1, -0.05) is 38.1 Å². The first kappa shape index (κ1) is 24.9. The molecule has 3 amide bonds. The van der Waals surface area contributed by atoms with Crippen LogP contribution in [0.1, 0.15) is 44.9 Å². The highest BCUT2D eigenvalue weighted by atomic mass is 32.1. The molecule has 3 atom stereocenters. The number of nitrogens with one attached hydrogen (secondary N) is 2. The van der Waals surface area contributed by atoms with E-state index in [1.54, 1.807) is 11.3 Å². The molecule has 9 heteroatoms. The topological polar surface area (TPSA) is 112 Å². The lowest BCUT2D eigenvalue weighted by Crippen LogP contribution is -2.53. The summed E-state index contributed by atoms with van der Waals surface area (Å²) in [7, 11) is 0. The second-order valence-corrected chi connectivity index (χ2v) is 9.81. The molecule has 2 heterocycles. The molecule has 0 radical (unpaired) electrons. The van der Waals surface area contributed by atoms with Crippen molar-refractivity contribution < 1.29 is 19.5 Å². The summed E-state index contributed by atoms with van der Waals surface area (Å²) in [5.74, 6) is -0.762. The molecule has 3 rings (SSSR count). The normalized spacial score (nSPS) is 18.9. The van der Waals surface area contributed by atoms with Crippen LogP contribution in [0, 0.1) is 12.8 Å². The Kier molecular flexibility index (Phi) is 8.20. The van der Waals surface area contributed by atoms with Crippen LogP contribution in [0.25, 0.3) is 10.4 Å². The van der Waals surface area contributed by atoms with E-state index < -0.39 is 18.2 Å². The number of amides is 3. The van der Waals surface area contributed by atoms with Crippen LogP contribution in [-0.2, 0) is 20.9 Å². The number of rotatable bonds is 8. The monoisotopic (exact) mass is 472 g/mol. The van der Waals surface area contributed by atoms with Crippen molar-refractivity contribution in [1.29, 1.82) is 0 Å². The van der Waals surface area contributed by atoms with Gasteiger partial charge in [-0.3, -0.25) is 14.4 Å². The maximum Gasteiger partial charge on any atom is 0.245 e. The Morgan fingerprint density at radius 1 is 1.24 bits per heavy atom. The van der Waals surface area contributed by atoms with Gasteiger partial charge in [0.05, 0.1) is 22.2 Å². The minimum atomic E-state index is -0.774. The molecular formula is C24H32N4O4S. The minimum Gasteiger partial charge on any atom is -0.391 e. The van der Waals surface area contributed by atoms with E-state index in [2.05, 4.69) is 15.6 Å². The zero-order valence-electron chi connectivity index (χ0n) is 19.5. The van der Waals surface area contributed by atoms with Gasteiger partial charge in [0.15, 0.2) is 0 Å². The molecule has 1 aromatic carbocycles. The highest BCUT2D eigenvalue weighted by Gasteiger charge is 2.41. The van der Waals surface area contributed by atoms with Gasteiger partial charge in [0.1, 0.15) is 12.1 Å². The predicted molar refractivity (Wildman–Crippen MR) is 127 cm³/mol. The molecule has 0 spiro atoms. The Morgan fingerprint density at radius 2 is 1.94 bits per heavy atom. The smallest absolute Gasteiger partial charge is 0.245 e. The summed E-state index contributed by atoms with van der Waals surface area (Å²) in [5, 5.41) is 15.8. The second-order valence-electron chi connectivity index (χ2n) is 8.96. The fourth-order valence-corrected chi connectivity index (χ4v) is 4.92. The summed E-state index contributed by atoms with van der Waals surface area (Å²) in [6.45, 7) is 7.66. The van der Waals surface area contributed by atoms with Gasteiger partial charge in [0, 0.05) is 26.4 Å². The number of carbonyl (C=O) groups is 3. The number of hydrogen-bond donors (Lipinski definition) is 3. The second kappa shape index (κ2) is 10.9. The van der Waals surface area contributed by atoms with Gasteiger partial charge in [-0.15, -0.1) is 11.3 Å². The molecule has 2 aromatic rings. The number of thiazole rings is 1. The molecular weight excluding hydrogens is 440 g/mol. The van der Waals surface area contributed by atoms with Crippen molar-refractivity contribution in [2.45, 2.75) is 65.3 Å². The third kappa shape index (κ3) is 6.39. The van der Waals surface area contributed by atoms with E-state index in [1.807, 2.05) is 50.5 Å². The van der Waals surface area contributed by atoms with E-state index >= 15 is 0 Å². The van der Waals surface area contributed by atoms with Gasteiger partial charge in [-0.05, 0) is 30.4 Å². The third-order valence-electron chi connectivity index (χ3n) is 5.68. The van der Waals surface area contributed by atoms with Crippen LogP contribution in [0.15, 0.2) is 29.8 Å². The summed E-state index contributed by atoms with van der Waals surface area (Å²) >= 11 is 1.59. The van der Waals surface area contributed by atoms with Crippen molar-refractivity contribution in [3.05, 3.63) is 41.0 Å². The number of likely N-dealkylation sites (tertiary alicyclic amines) is 1. The van der Waals surface area contributed by atoms with E-state index in [4.69, 9.17) is 0 Å². The van der Waals surface area contributed by atoms with Gasteiger partial charge in [0.2, 0.25) is 17.7 Å². The highest BCUT2D eigenvalue weighted by molar-refractivity contribution is 7.13. The zero-order chi connectivity index (χ0) is 24.1. The number of aliphatic hydroxyl groups excluding tert-OH is 1. The zero-order valence-corrected chi connectivity index (χ0v) is 20.3. The van der Waals surface area contributed by atoms with E-state index in [9.17, 15) is 19.5 Å². The van der Waals surface area contributed by atoms with Crippen LogP contribution in [0.2, 0.25) is 0 Å². The van der Waals surface area contributed by atoms with E-state index in [0.717, 1.165) is 21.7 Å². The van der Waals surface area contributed by atoms with Gasteiger partial charge >= 0.3 is 0 Å². The Morgan fingerprint density at radius 3 is 2.52 bits per heavy atom. The van der Waals surface area contributed by atoms with Crippen molar-refractivity contribution in [1.82, 2.24) is 20.5 Å². The Balaban J connectivity index is 1.64. The van der Waals surface area contributed by atoms with Crippen molar-refractivity contribution in [2.75, 3.05) is 6.54 Å². The molecule has 1 aromatic heterocycles. The van der Waals surface area contributed by atoms with Gasteiger partial charge in [0.25, 0.3) is 0 Å². The molecule has 0 unspecified atom stereocenters. The number of carbonyl (C=O) groups excluding carboxylic acids is 3. The number of aliphatic hydroxyl groups is 1. The first-order chi connectivity index (χ1) is 15.7. The van der Waals surface area contributed by atoms with Crippen LogP contribution in [0.4, 0.5) is 0 Å². The number of aromatic nitrogens is 1. The molecule has 8 nitrogen and oxygen atoms in total. The SMILES string of the molecule is CC(=O)N[C@@H](CC(C)C)C(=O)N1C[C@H](O)C[C@H]1C(=O)NCc1ccc(-c2scnc2C)cc1.